The normalized spacial score (nSPS) is 16.5. The molecule has 1 amide bonds. The molecule has 0 unspecified atom stereocenters. The highest BCUT2D eigenvalue weighted by atomic mass is 16.5. The van der Waals surface area contributed by atoms with Gasteiger partial charge in [-0.05, 0) is 14.0 Å². The molecule has 1 saturated heterocycles. The number of ether oxygens (including phenoxy) is 1. The second kappa shape index (κ2) is 6.76. The van der Waals surface area contributed by atoms with E-state index in [2.05, 4.69) is 15.5 Å². The van der Waals surface area contributed by atoms with Gasteiger partial charge in [0.15, 0.2) is 0 Å². The number of amides is 1. The van der Waals surface area contributed by atoms with E-state index >= 15 is 0 Å². The number of likely N-dealkylation sites (N-methyl/N-ethyl adjacent to an activating group) is 1. The summed E-state index contributed by atoms with van der Waals surface area (Å²) in [6.45, 7) is 6.28. The van der Waals surface area contributed by atoms with Gasteiger partial charge in [0.2, 0.25) is 5.91 Å². The van der Waals surface area contributed by atoms with Gasteiger partial charge in [-0.3, -0.25) is 9.69 Å². The summed E-state index contributed by atoms with van der Waals surface area (Å²) in [5.41, 5.74) is 0. The number of carbonyl (C=O) groups excluding carboxylic acids is 1. The van der Waals surface area contributed by atoms with Crippen molar-refractivity contribution in [2.45, 2.75) is 13.0 Å². The molecule has 1 aliphatic heterocycles. The van der Waals surface area contributed by atoms with Crippen molar-refractivity contribution < 1.29 is 9.53 Å². The Hall–Kier alpha value is -0.650. The molecule has 15 heavy (non-hydrogen) atoms. The van der Waals surface area contributed by atoms with Crippen molar-refractivity contribution in [3.63, 3.8) is 0 Å². The fraction of sp³-hybridized carbons (Fsp3) is 0.900. The third kappa shape index (κ3) is 4.59. The molecule has 1 aliphatic rings. The Bertz CT molecular complexity index is 195. The molecule has 5 heteroatoms. The van der Waals surface area contributed by atoms with Crippen molar-refractivity contribution in [2.24, 2.45) is 0 Å². The molecule has 1 rings (SSSR count). The fourth-order valence-electron chi connectivity index (χ4n) is 1.40. The van der Waals surface area contributed by atoms with Crippen molar-refractivity contribution in [1.82, 2.24) is 15.5 Å². The van der Waals surface area contributed by atoms with Crippen molar-refractivity contribution in [2.75, 3.05) is 46.4 Å². The maximum absolute atomic E-state index is 11.4. The number of rotatable bonds is 7. The first-order chi connectivity index (χ1) is 7.24. The van der Waals surface area contributed by atoms with E-state index in [0.717, 1.165) is 13.1 Å². The van der Waals surface area contributed by atoms with E-state index in [-0.39, 0.29) is 5.91 Å². The van der Waals surface area contributed by atoms with Gasteiger partial charge in [0, 0.05) is 32.3 Å². The van der Waals surface area contributed by atoms with Gasteiger partial charge in [-0.15, -0.1) is 0 Å². The summed E-state index contributed by atoms with van der Waals surface area (Å²) >= 11 is 0. The lowest BCUT2D eigenvalue weighted by atomic mass is 10.1. The molecule has 1 heterocycles. The van der Waals surface area contributed by atoms with Crippen LogP contribution >= 0.6 is 0 Å². The molecule has 0 saturated carbocycles. The molecule has 88 valence electrons. The lowest BCUT2D eigenvalue weighted by molar-refractivity contribution is -0.122. The van der Waals surface area contributed by atoms with Crippen LogP contribution in [0.2, 0.25) is 0 Å². The second-order valence-electron chi connectivity index (χ2n) is 3.77. The number of hydrogen-bond acceptors (Lipinski definition) is 4. The highest BCUT2D eigenvalue weighted by Gasteiger charge is 2.22. The van der Waals surface area contributed by atoms with Gasteiger partial charge in [-0.1, -0.05) is 0 Å². The van der Waals surface area contributed by atoms with Gasteiger partial charge in [0.25, 0.3) is 0 Å². The first-order valence-corrected chi connectivity index (χ1v) is 5.49. The number of carbonyl (C=O) groups is 1. The van der Waals surface area contributed by atoms with Crippen LogP contribution in [-0.4, -0.2) is 63.3 Å². The van der Waals surface area contributed by atoms with Crippen LogP contribution in [0.1, 0.15) is 6.92 Å². The standard InChI is InChI=1S/C10H21N3O2/c1-3-15-5-4-12-10(14)8-13(2)9-6-11-7-9/h9,11H,3-8H2,1-2H3,(H,12,14). The minimum absolute atomic E-state index is 0.0732. The monoisotopic (exact) mass is 215 g/mol. The summed E-state index contributed by atoms with van der Waals surface area (Å²) in [6.07, 6.45) is 0. The quantitative estimate of drug-likeness (QED) is 0.537. The molecule has 0 spiro atoms. The zero-order valence-corrected chi connectivity index (χ0v) is 9.58. The molecule has 1 fully saturated rings. The predicted molar refractivity (Wildman–Crippen MR) is 58.8 cm³/mol. The molecule has 0 aromatic rings. The molecule has 0 bridgehead atoms. The largest absolute Gasteiger partial charge is 0.380 e. The van der Waals surface area contributed by atoms with Gasteiger partial charge >= 0.3 is 0 Å². The van der Waals surface area contributed by atoms with Gasteiger partial charge in [-0.2, -0.15) is 0 Å². The predicted octanol–water partition coefficient (Wildman–Crippen LogP) is -0.957. The van der Waals surface area contributed by atoms with E-state index in [9.17, 15) is 4.79 Å². The van der Waals surface area contributed by atoms with E-state index in [0.29, 0.717) is 32.3 Å². The first-order valence-electron chi connectivity index (χ1n) is 5.49. The molecule has 0 radical (unpaired) electrons. The van der Waals surface area contributed by atoms with E-state index in [1.165, 1.54) is 0 Å². The van der Waals surface area contributed by atoms with Crippen LogP contribution in [0.15, 0.2) is 0 Å². The highest BCUT2D eigenvalue weighted by molar-refractivity contribution is 5.78. The summed E-state index contributed by atoms with van der Waals surface area (Å²) in [5, 5.41) is 6.01. The maximum atomic E-state index is 11.4. The summed E-state index contributed by atoms with van der Waals surface area (Å²) < 4.78 is 5.13. The first kappa shape index (κ1) is 12.4. The lowest BCUT2D eigenvalue weighted by Gasteiger charge is -2.35. The molecule has 2 N–H and O–H groups in total. The number of nitrogens with one attached hydrogen (secondary N) is 2. The Morgan fingerprint density at radius 2 is 2.33 bits per heavy atom. The minimum atomic E-state index is 0.0732. The van der Waals surface area contributed by atoms with Crippen LogP contribution in [0.5, 0.6) is 0 Å². The van der Waals surface area contributed by atoms with Crippen molar-refractivity contribution in [3.8, 4) is 0 Å². The third-order valence-electron chi connectivity index (χ3n) is 2.55. The van der Waals surface area contributed by atoms with Crippen LogP contribution in [0.25, 0.3) is 0 Å². The molecule has 0 atom stereocenters. The highest BCUT2D eigenvalue weighted by Crippen LogP contribution is 2.00. The average Bonchev–Trinajstić information content (AvgIpc) is 2.09. The molecule has 5 nitrogen and oxygen atoms in total. The van der Waals surface area contributed by atoms with E-state index in [1.807, 2.05) is 14.0 Å². The molecular weight excluding hydrogens is 194 g/mol. The Balaban J connectivity index is 2.01. The van der Waals surface area contributed by atoms with Gasteiger partial charge in [-0.25, -0.2) is 0 Å². The fourth-order valence-corrected chi connectivity index (χ4v) is 1.40. The molecule has 0 aromatic carbocycles. The number of nitrogens with zero attached hydrogens (tertiary/aromatic N) is 1. The molecule has 0 aliphatic carbocycles. The SMILES string of the molecule is CCOCCNC(=O)CN(C)C1CNC1. The van der Waals surface area contributed by atoms with Crippen LogP contribution in [0, 0.1) is 0 Å². The average molecular weight is 215 g/mol. The van der Waals surface area contributed by atoms with E-state index < -0.39 is 0 Å². The smallest absolute Gasteiger partial charge is 0.234 e. The number of hydrogen-bond donors (Lipinski definition) is 2. The van der Waals surface area contributed by atoms with Crippen molar-refractivity contribution in [1.29, 1.82) is 0 Å². The van der Waals surface area contributed by atoms with Gasteiger partial charge in [0.1, 0.15) is 0 Å². The third-order valence-corrected chi connectivity index (χ3v) is 2.55. The Morgan fingerprint density at radius 1 is 1.60 bits per heavy atom. The maximum Gasteiger partial charge on any atom is 0.234 e. The topological polar surface area (TPSA) is 53.6 Å². The second-order valence-corrected chi connectivity index (χ2v) is 3.77. The molecular formula is C10H21N3O2. The zero-order chi connectivity index (χ0) is 11.1. The summed E-state index contributed by atoms with van der Waals surface area (Å²) in [7, 11) is 1.98. The van der Waals surface area contributed by atoms with Gasteiger partial charge in [0.05, 0.1) is 13.2 Å². The van der Waals surface area contributed by atoms with Crippen LogP contribution in [0.3, 0.4) is 0 Å². The molecule has 0 aromatic heterocycles. The van der Waals surface area contributed by atoms with Crippen molar-refractivity contribution >= 4 is 5.91 Å². The summed E-state index contributed by atoms with van der Waals surface area (Å²) in [5.74, 6) is 0.0732. The van der Waals surface area contributed by atoms with Crippen LogP contribution in [0.4, 0.5) is 0 Å². The van der Waals surface area contributed by atoms with Gasteiger partial charge < -0.3 is 15.4 Å². The summed E-state index contributed by atoms with van der Waals surface area (Å²) in [6, 6.07) is 0.516. The zero-order valence-electron chi connectivity index (χ0n) is 9.58. The minimum Gasteiger partial charge on any atom is -0.380 e. The Labute approximate surface area is 91.2 Å². The lowest BCUT2D eigenvalue weighted by Crippen LogP contribution is -2.57. The van der Waals surface area contributed by atoms with Crippen LogP contribution < -0.4 is 10.6 Å². The van der Waals surface area contributed by atoms with E-state index in [1.54, 1.807) is 0 Å². The Morgan fingerprint density at radius 3 is 2.87 bits per heavy atom. The van der Waals surface area contributed by atoms with Crippen molar-refractivity contribution in [3.05, 3.63) is 0 Å². The van der Waals surface area contributed by atoms with E-state index in [4.69, 9.17) is 4.74 Å². The summed E-state index contributed by atoms with van der Waals surface area (Å²) in [4.78, 5) is 13.5. The Kier molecular flexibility index (Phi) is 5.60. The van der Waals surface area contributed by atoms with Crippen LogP contribution in [-0.2, 0) is 9.53 Å².